The second kappa shape index (κ2) is 5.43. The van der Waals surface area contributed by atoms with Crippen LogP contribution < -0.4 is 16.0 Å². The first-order valence-corrected chi connectivity index (χ1v) is 5.57. The summed E-state index contributed by atoms with van der Waals surface area (Å²) in [5.41, 5.74) is 8.67. The molecular formula is C12H19N3O2. The molecule has 0 saturated carbocycles. The summed E-state index contributed by atoms with van der Waals surface area (Å²) < 4.78 is 0. The van der Waals surface area contributed by atoms with Crippen LogP contribution in [0.1, 0.15) is 18.9 Å². The van der Waals surface area contributed by atoms with Crippen LogP contribution in [-0.4, -0.2) is 24.8 Å². The first-order valence-electron chi connectivity index (χ1n) is 5.57. The first-order chi connectivity index (χ1) is 7.95. The highest BCUT2D eigenvalue weighted by Gasteiger charge is 2.10. The minimum absolute atomic E-state index is 0.432. The molecule has 5 nitrogen and oxygen atoms in total. The molecule has 1 aromatic rings. The molecule has 0 aliphatic heterocycles. The summed E-state index contributed by atoms with van der Waals surface area (Å²) in [6.45, 7) is 4.97. The predicted octanol–water partition coefficient (Wildman–Crippen LogP) is 2.51. The lowest BCUT2D eigenvalue weighted by molar-refractivity contribution is 0.210. The third kappa shape index (κ3) is 3.27. The molecule has 4 N–H and O–H groups in total. The number of anilines is 3. The van der Waals surface area contributed by atoms with E-state index in [0.29, 0.717) is 11.4 Å². The van der Waals surface area contributed by atoms with E-state index in [4.69, 9.17) is 10.8 Å². The van der Waals surface area contributed by atoms with Crippen molar-refractivity contribution < 1.29 is 9.90 Å². The van der Waals surface area contributed by atoms with Crippen molar-refractivity contribution in [2.24, 2.45) is 0 Å². The fourth-order valence-electron chi connectivity index (χ4n) is 1.81. The maximum Gasteiger partial charge on any atom is 0.409 e. The average Bonchev–Trinajstić information content (AvgIpc) is 2.21. The third-order valence-electron chi connectivity index (χ3n) is 2.58. The maximum atomic E-state index is 10.6. The minimum Gasteiger partial charge on any atom is -0.465 e. The van der Waals surface area contributed by atoms with Gasteiger partial charge in [0.1, 0.15) is 0 Å². The van der Waals surface area contributed by atoms with E-state index in [1.54, 1.807) is 12.1 Å². The van der Waals surface area contributed by atoms with Crippen LogP contribution in [0.5, 0.6) is 0 Å². The molecule has 5 heteroatoms. The first kappa shape index (κ1) is 13.2. The summed E-state index contributed by atoms with van der Waals surface area (Å²) in [6.07, 6.45) is -0.0770. The van der Waals surface area contributed by atoms with Gasteiger partial charge in [0.05, 0.1) is 11.4 Å². The predicted molar refractivity (Wildman–Crippen MR) is 70.8 cm³/mol. The van der Waals surface area contributed by atoms with Crippen molar-refractivity contribution in [3.05, 3.63) is 17.7 Å². The molecule has 0 bridgehead atoms. The lowest BCUT2D eigenvalue weighted by Crippen LogP contribution is -2.19. The fourth-order valence-corrected chi connectivity index (χ4v) is 1.81. The average molecular weight is 237 g/mol. The zero-order valence-electron chi connectivity index (χ0n) is 10.4. The normalized spacial score (nSPS) is 10.1. The second-order valence-electron chi connectivity index (χ2n) is 4.08. The topological polar surface area (TPSA) is 78.6 Å². The van der Waals surface area contributed by atoms with Gasteiger partial charge in [-0.15, -0.1) is 0 Å². The van der Waals surface area contributed by atoms with Gasteiger partial charge in [-0.2, -0.15) is 0 Å². The van der Waals surface area contributed by atoms with E-state index < -0.39 is 6.09 Å². The number of amides is 1. The van der Waals surface area contributed by atoms with E-state index in [2.05, 4.69) is 17.1 Å². The highest BCUT2D eigenvalue weighted by atomic mass is 16.4. The van der Waals surface area contributed by atoms with Gasteiger partial charge >= 0.3 is 6.09 Å². The molecular weight excluding hydrogens is 218 g/mol. The van der Waals surface area contributed by atoms with Crippen molar-refractivity contribution in [1.29, 1.82) is 0 Å². The smallest absolute Gasteiger partial charge is 0.409 e. The molecule has 0 radical (unpaired) electrons. The van der Waals surface area contributed by atoms with E-state index in [0.717, 1.165) is 24.2 Å². The number of nitrogens with zero attached hydrogens (tertiary/aromatic N) is 1. The highest BCUT2D eigenvalue weighted by molar-refractivity contribution is 5.89. The molecule has 94 valence electrons. The largest absolute Gasteiger partial charge is 0.465 e. The van der Waals surface area contributed by atoms with Crippen LogP contribution in [0.15, 0.2) is 12.1 Å². The molecule has 0 atom stereocenters. The number of aryl methyl sites for hydroxylation is 1. The van der Waals surface area contributed by atoms with E-state index in [-0.39, 0.29) is 0 Å². The van der Waals surface area contributed by atoms with Gasteiger partial charge in [0.15, 0.2) is 0 Å². The molecule has 0 fully saturated rings. The van der Waals surface area contributed by atoms with Crippen molar-refractivity contribution >= 4 is 23.2 Å². The number of hydrogen-bond donors (Lipinski definition) is 3. The molecule has 1 aromatic carbocycles. The lowest BCUT2D eigenvalue weighted by Gasteiger charge is -2.22. The molecule has 0 aliphatic rings. The van der Waals surface area contributed by atoms with Crippen molar-refractivity contribution in [3.63, 3.8) is 0 Å². The Kier molecular flexibility index (Phi) is 4.20. The van der Waals surface area contributed by atoms with E-state index in [1.165, 1.54) is 0 Å². The number of nitrogen functional groups attached to an aromatic ring is 1. The number of rotatable bonds is 4. The van der Waals surface area contributed by atoms with Crippen LogP contribution in [0, 0.1) is 6.92 Å². The molecule has 0 aliphatic carbocycles. The monoisotopic (exact) mass is 237 g/mol. The Hall–Kier alpha value is -1.91. The summed E-state index contributed by atoms with van der Waals surface area (Å²) in [4.78, 5) is 12.7. The number of carboxylic acid groups (broad SMARTS) is 1. The van der Waals surface area contributed by atoms with Gasteiger partial charge in [-0.3, -0.25) is 5.32 Å². The summed E-state index contributed by atoms with van der Waals surface area (Å²) >= 11 is 0. The molecule has 1 amide bonds. The van der Waals surface area contributed by atoms with Gasteiger partial charge < -0.3 is 15.7 Å². The Balaban J connectivity index is 3.09. The molecule has 0 spiro atoms. The molecule has 0 aromatic heterocycles. The van der Waals surface area contributed by atoms with Crippen molar-refractivity contribution in [3.8, 4) is 0 Å². The Labute approximate surface area is 101 Å². The van der Waals surface area contributed by atoms with Crippen LogP contribution in [0.4, 0.5) is 21.9 Å². The van der Waals surface area contributed by atoms with Gasteiger partial charge in [0.25, 0.3) is 0 Å². The van der Waals surface area contributed by atoms with Crippen LogP contribution in [0.3, 0.4) is 0 Å². The molecule has 0 heterocycles. The molecule has 1 rings (SSSR count). The van der Waals surface area contributed by atoms with Crippen LogP contribution in [0.25, 0.3) is 0 Å². The number of benzene rings is 1. The Morgan fingerprint density at radius 2 is 2.18 bits per heavy atom. The third-order valence-corrected chi connectivity index (χ3v) is 2.58. The zero-order chi connectivity index (χ0) is 13.0. The van der Waals surface area contributed by atoms with Crippen LogP contribution >= 0.6 is 0 Å². The number of nitrogens with two attached hydrogens (primary N) is 1. The van der Waals surface area contributed by atoms with Gasteiger partial charge in [-0.25, -0.2) is 4.79 Å². The molecule has 0 unspecified atom stereocenters. The van der Waals surface area contributed by atoms with Crippen molar-refractivity contribution in [2.45, 2.75) is 20.3 Å². The quantitative estimate of drug-likeness (QED) is 0.703. The SMILES string of the molecule is CCCN(C)c1cc(NC(=O)O)c(N)cc1C. The fraction of sp³-hybridized carbons (Fsp3) is 0.417. The number of nitrogens with one attached hydrogen (secondary N) is 1. The van der Waals surface area contributed by atoms with Crippen LogP contribution in [-0.2, 0) is 0 Å². The summed E-state index contributed by atoms with van der Waals surface area (Å²) in [5, 5.41) is 11.0. The summed E-state index contributed by atoms with van der Waals surface area (Å²) in [6, 6.07) is 3.56. The zero-order valence-corrected chi connectivity index (χ0v) is 10.4. The van der Waals surface area contributed by atoms with E-state index >= 15 is 0 Å². The molecule has 0 saturated heterocycles. The second-order valence-corrected chi connectivity index (χ2v) is 4.08. The van der Waals surface area contributed by atoms with E-state index in [1.807, 2.05) is 14.0 Å². The Morgan fingerprint density at radius 3 is 2.71 bits per heavy atom. The van der Waals surface area contributed by atoms with Gasteiger partial charge in [-0.1, -0.05) is 6.92 Å². The van der Waals surface area contributed by atoms with Gasteiger partial charge in [0.2, 0.25) is 0 Å². The summed E-state index contributed by atoms with van der Waals surface area (Å²) in [5.74, 6) is 0. The van der Waals surface area contributed by atoms with E-state index in [9.17, 15) is 4.79 Å². The summed E-state index contributed by atoms with van der Waals surface area (Å²) in [7, 11) is 1.98. The lowest BCUT2D eigenvalue weighted by atomic mass is 10.1. The number of hydrogen-bond acceptors (Lipinski definition) is 3. The van der Waals surface area contributed by atoms with Gasteiger partial charge in [0, 0.05) is 19.3 Å². The van der Waals surface area contributed by atoms with Crippen molar-refractivity contribution in [2.75, 3.05) is 29.5 Å². The van der Waals surface area contributed by atoms with Crippen LogP contribution in [0.2, 0.25) is 0 Å². The molecule has 17 heavy (non-hydrogen) atoms. The Bertz CT molecular complexity index is 418. The maximum absolute atomic E-state index is 10.6. The number of carbonyl (C=O) groups is 1. The highest BCUT2D eigenvalue weighted by Crippen LogP contribution is 2.29. The minimum atomic E-state index is -1.11. The standard InChI is InChI=1S/C12H19N3O2/c1-4-5-15(3)11-7-10(14-12(16)17)9(13)6-8(11)2/h6-7,14H,4-5,13H2,1-3H3,(H,16,17). The van der Waals surface area contributed by atoms with Crippen molar-refractivity contribution in [1.82, 2.24) is 0 Å². The van der Waals surface area contributed by atoms with Gasteiger partial charge in [-0.05, 0) is 31.0 Å². The Morgan fingerprint density at radius 1 is 1.53 bits per heavy atom.